The lowest BCUT2D eigenvalue weighted by Crippen LogP contribution is -2.19. The molecule has 1 heterocycles. The standard InChI is InChI=1S/C13H10Cl2N2S/c14-10-4-1-5-11(15)13(10)12(7-16)17-8-9-3-2-6-18-9/h1-6,12,17H,8H2. The van der Waals surface area contributed by atoms with Crippen LogP contribution in [0.3, 0.4) is 0 Å². The summed E-state index contributed by atoms with van der Waals surface area (Å²) in [5.41, 5.74) is 0.639. The quantitative estimate of drug-likeness (QED) is 0.907. The summed E-state index contributed by atoms with van der Waals surface area (Å²) in [6.45, 7) is 0.622. The molecule has 1 aromatic heterocycles. The maximum absolute atomic E-state index is 9.23. The second-order valence-electron chi connectivity index (χ2n) is 3.66. The number of hydrogen-bond donors (Lipinski definition) is 1. The molecule has 0 spiro atoms. The highest BCUT2D eigenvalue weighted by Gasteiger charge is 2.17. The van der Waals surface area contributed by atoms with Gasteiger partial charge in [-0.2, -0.15) is 5.26 Å². The van der Waals surface area contributed by atoms with Gasteiger partial charge in [-0.05, 0) is 23.6 Å². The van der Waals surface area contributed by atoms with Crippen LogP contribution in [0.15, 0.2) is 35.7 Å². The van der Waals surface area contributed by atoms with Crippen LogP contribution in [0, 0.1) is 11.3 Å². The summed E-state index contributed by atoms with van der Waals surface area (Å²) < 4.78 is 0. The van der Waals surface area contributed by atoms with E-state index < -0.39 is 6.04 Å². The van der Waals surface area contributed by atoms with Gasteiger partial charge in [0.2, 0.25) is 0 Å². The summed E-state index contributed by atoms with van der Waals surface area (Å²) in [6.07, 6.45) is 0. The number of nitrogens with zero attached hydrogens (tertiary/aromatic N) is 1. The number of rotatable bonds is 4. The lowest BCUT2D eigenvalue weighted by atomic mass is 10.1. The van der Waals surface area contributed by atoms with E-state index in [-0.39, 0.29) is 0 Å². The molecule has 2 nitrogen and oxygen atoms in total. The van der Waals surface area contributed by atoms with Crippen LogP contribution in [-0.2, 0) is 6.54 Å². The molecular formula is C13H10Cl2N2S. The molecule has 0 fully saturated rings. The second-order valence-corrected chi connectivity index (χ2v) is 5.50. The van der Waals surface area contributed by atoms with Crippen LogP contribution < -0.4 is 5.32 Å². The first kappa shape index (κ1) is 13.4. The first-order chi connectivity index (χ1) is 8.72. The molecule has 2 rings (SSSR count). The van der Waals surface area contributed by atoms with Crippen molar-refractivity contribution in [1.82, 2.24) is 5.32 Å². The van der Waals surface area contributed by atoms with Gasteiger partial charge in [-0.25, -0.2) is 0 Å². The monoisotopic (exact) mass is 296 g/mol. The molecule has 1 N–H and O–H groups in total. The van der Waals surface area contributed by atoms with Crippen LogP contribution in [0.2, 0.25) is 10.0 Å². The number of nitriles is 1. The Hall–Kier alpha value is -1.05. The van der Waals surface area contributed by atoms with Crippen molar-refractivity contribution in [1.29, 1.82) is 5.26 Å². The molecule has 0 aliphatic carbocycles. The highest BCUT2D eigenvalue weighted by Crippen LogP contribution is 2.30. The number of halogens is 2. The van der Waals surface area contributed by atoms with Crippen LogP contribution in [0.1, 0.15) is 16.5 Å². The Morgan fingerprint density at radius 2 is 1.94 bits per heavy atom. The van der Waals surface area contributed by atoms with Crippen LogP contribution in [0.4, 0.5) is 0 Å². The molecule has 0 radical (unpaired) electrons. The summed E-state index contributed by atoms with van der Waals surface area (Å²) >= 11 is 13.8. The van der Waals surface area contributed by atoms with Crippen LogP contribution >= 0.6 is 34.5 Å². The Morgan fingerprint density at radius 3 is 2.50 bits per heavy atom. The molecule has 0 aliphatic rings. The topological polar surface area (TPSA) is 35.8 Å². The van der Waals surface area contributed by atoms with Crippen molar-refractivity contribution in [2.75, 3.05) is 0 Å². The average molecular weight is 297 g/mol. The van der Waals surface area contributed by atoms with Gasteiger partial charge in [0.25, 0.3) is 0 Å². The van der Waals surface area contributed by atoms with Crippen molar-refractivity contribution in [3.63, 3.8) is 0 Å². The van der Waals surface area contributed by atoms with Gasteiger partial charge < -0.3 is 0 Å². The number of hydrogen-bond acceptors (Lipinski definition) is 3. The molecule has 1 unspecified atom stereocenters. The van der Waals surface area contributed by atoms with E-state index in [2.05, 4.69) is 11.4 Å². The Labute approximate surface area is 120 Å². The molecule has 2 aromatic rings. The molecule has 0 bridgehead atoms. The summed E-state index contributed by atoms with van der Waals surface area (Å²) in [7, 11) is 0. The molecule has 5 heteroatoms. The first-order valence-corrected chi connectivity index (χ1v) is 6.95. The molecule has 1 atom stereocenters. The Balaban J connectivity index is 2.16. The van der Waals surface area contributed by atoms with Gasteiger partial charge in [-0.15, -0.1) is 11.3 Å². The zero-order valence-electron chi connectivity index (χ0n) is 9.36. The third-order valence-electron chi connectivity index (χ3n) is 2.48. The zero-order valence-corrected chi connectivity index (χ0v) is 11.7. The summed E-state index contributed by atoms with van der Waals surface area (Å²) in [5, 5.41) is 15.4. The van der Waals surface area contributed by atoms with Crippen LogP contribution in [0.5, 0.6) is 0 Å². The maximum Gasteiger partial charge on any atom is 0.124 e. The summed E-state index contributed by atoms with van der Waals surface area (Å²) in [6, 6.07) is 10.9. The molecular weight excluding hydrogens is 287 g/mol. The normalized spacial score (nSPS) is 12.1. The van der Waals surface area contributed by atoms with E-state index in [1.807, 2.05) is 17.5 Å². The van der Waals surface area contributed by atoms with Gasteiger partial charge in [0.05, 0.1) is 6.07 Å². The smallest absolute Gasteiger partial charge is 0.124 e. The van der Waals surface area contributed by atoms with Gasteiger partial charge in [-0.1, -0.05) is 35.3 Å². The van der Waals surface area contributed by atoms with Gasteiger partial charge in [0.1, 0.15) is 6.04 Å². The highest BCUT2D eigenvalue weighted by atomic mass is 35.5. The van der Waals surface area contributed by atoms with Gasteiger partial charge in [-0.3, -0.25) is 5.32 Å². The molecule has 92 valence electrons. The second kappa shape index (κ2) is 6.21. The Kier molecular flexibility index (Phi) is 4.62. The van der Waals surface area contributed by atoms with E-state index in [4.69, 9.17) is 23.2 Å². The minimum Gasteiger partial charge on any atom is -0.293 e. The van der Waals surface area contributed by atoms with E-state index in [9.17, 15) is 5.26 Å². The van der Waals surface area contributed by atoms with Crippen molar-refractivity contribution in [2.24, 2.45) is 0 Å². The van der Waals surface area contributed by atoms with Crippen molar-refractivity contribution >= 4 is 34.5 Å². The molecule has 1 aromatic carbocycles. The molecule has 0 saturated heterocycles. The van der Waals surface area contributed by atoms with Gasteiger partial charge in [0.15, 0.2) is 0 Å². The third-order valence-corrected chi connectivity index (χ3v) is 4.01. The maximum atomic E-state index is 9.23. The van der Waals surface area contributed by atoms with E-state index in [1.54, 1.807) is 29.5 Å². The molecule has 0 aliphatic heterocycles. The fraction of sp³-hybridized carbons (Fsp3) is 0.154. The molecule has 18 heavy (non-hydrogen) atoms. The van der Waals surface area contributed by atoms with Crippen LogP contribution in [-0.4, -0.2) is 0 Å². The van der Waals surface area contributed by atoms with E-state index in [1.165, 1.54) is 4.88 Å². The lowest BCUT2D eigenvalue weighted by Gasteiger charge is -2.14. The number of thiophene rings is 1. The summed E-state index contributed by atoms with van der Waals surface area (Å²) in [5.74, 6) is 0. The number of benzene rings is 1. The zero-order chi connectivity index (χ0) is 13.0. The first-order valence-electron chi connectivity index (χ1n) is 5.31. The third kappa shape index (κ3) is 3.04. The van der Waals surface area contributed by atoms with Crippen molar-refractivity contribution in [3.8, 4) is 6.07 Å². The number of nitrogens with one attached hydrogen (secondary N) is 1. The highest BCUT2D eigenvalue weighted by molar-refractivity contribution is 7.09. The predicted molar refractivity (Wildman–Crippen MR) is 76.0 cm³/mol. The van der Waals surface area contributed by atoms with Crippen molar-refractivity contribution < 1.29 is 0 Å². The minimum atomic E-state index is -0.506. The Morgan fingerprint density at radius 1 is 1.22 bits per heavy atom. The largest absolute Gasteiger partial charge is 0.293 e. The lowest BCUT2D eigenvalue weighted by molar-refractivity contribution is 0.636. The van der Waals surface area contributed by atoms with Gasteiger partial charge >= 0.3 is 0 Å². The molecule has 0 amide bonds. The fourth-order valence-electron chi connectivity index (χ4n) is 1.61. The average Bonchev–Trinajstić information content (AvgIpc) is 2.86. The molecule has 0 saturated carbocycles. The van der Waals surface area contributed by atoms with E-state index in [0.717, 1.165) is 0 Å². The van der Waals surface area contributed by atoms with Crippen molar-refractivity contribution in [3.05, 3.63) is 56.2 Å². The Bertz CT molecular complexity index is 541. The fourth-order valence-corrected chi connectivity index (χ4v) is 2.89. The minimum absolute atomic E-state index is 0.506. The SMILES string of the molecule is N#CC(NCc1cccs1)c1c(Cl)cccc1Cl. The summed E-state index contributed by atoms with van der Waals surface area (Å²) in [4.78, 5) is 1.17. The van der Waals surface area contributed by atoms with Gasteiger partial charge in [0, 0.05) is 27.0 Å². The van der Waals surface area contributed by atoms with Crippen molar-refractivity contribution in [2.45, 2.75) is 12.6 Å². The predicted octanol–water partition coefficient (Wildman–Crippen LogP) is 4.41. The van der Waals surface area contributed by atoms with E-state index in [0.29, 0.717) is 22.2 Å². The van der Waals surface area contributed by atoms with E-state index >= 15 is 0 Å². The van der Waals surface area contributed by atoms with Crippen LogP contribution in [0.25, 0.3) is 0 Å².